The van der Waals surface area contributed by atoms with Crippen LogP contribution in [-0.4, -0.2) is 17.1 Å². The number of nitrogens with zero attached hydrogens (tertiary/aromatic N) is 1. The molecule has 0 fully saturated rings. The van der Waals surface area contributed by atoms with Gasteiger partial charge in [-0.15, -0.1) is 0 Å². The number of hydrogen-bond acceptors (Lipinski definition) is 2. The lowest BCUT2D eigenvalue weighted by Crippen LogP contribution is -2.09. The van der Waals surface area contributed by atoms with E-state index in [-0.39, 0.29) is 5.75 Å². The van der Waals surface area contributed by atoms with Crippen molar-refractivity contribution < 1.29 is 17.9 Å². The smallest absolute Gasteiger partial charge is 0.419 e. The Bertz CT molecular complexity index is 804. The summed E-state index contributed by atoms with van der Waals surface area (Å²) in [5, 5.41) is 0. The molecule has 22 heavy (non-hydrogen) atoms. The Hall–Kier alpha value is -2.50. The lowest BCUT2D eigenvalue weighted by molar-refractivity contribution is -0.138. The van der Waals surface area contributed by atoms with Gasteiger partial charge in [-0.25, -0.2) is 4.98 Å². The minimum Gasteiger partial charge on any atom is -0.496 e. The van der Waals surface area contributed by atoms with E-state index in [2.05, 4.69) is 9.97 Å². The van der Waals surface area contributed by atoms with Gasteiger partial charge in [-0.2, -0.15) is 13.2 Å². The van der Waals surface area contributed by atoms with Crippen LogP contribution in [0.3, 0.4) is 0 Å². The Labute approximate surface area is 124 Å². The molecule has 0 saturated heterocycles. The SMILES string of the molecule is COc1c(C)cc(-c2nc3ccccc3[nH]2)cc1C(F)(F)F. The normalized spacial score (nSPS) is 11.9. The van der Waals surface area contributed by atoms with Crippen LogP contribution in [0.15, 0.2) is 36.4 Å². The van der Waals surface area contributed by atoms with Crippen molar-refractivity contribution in [2.75, 3.05) is 7.11 Å². The minimum absolute atomic E-state index is 0.160. The zero-order chi connectivity index (χ0) is 15.9. The van der Waals surface area contributed by atoms with E-state index in [1.165, 1.54) is 7.11 Å². The molecule has 3 rings (SSSR count). The van der Waals surface area contributed by atoms with Crippen molar-refractivity contribution in [1.82, 2.24) is 9.97 Å². The number of aryl methyl sites for hydroxylation is 1. The van der Waals surface area contributed by atoms with Crippen molar-refractivity contribution in [2.45, 2.75) is 13.1 Å². The molecule has 0 unspecified atom stereocenters. The molecule has 3 nitrogen and oxygen atoms in total. The number of hydrogen-bond donors (Lipinski definition) is 1. The summed E-state index contributed by atoms with van der Waals surface area (Å²) in [5.41, 5.74) is 1.47. The summed E-state index contributed by atoms with van der Waals surface area (Å²) < 4.78 is 44.5. The number of alkyl halides is 3. The van der Waals surface area contributed by atoms with Crippen LogP contribution in [0.5, 0.6) is 5.75 Å². The van der Waals surface area contributed by atoms with Crippen molar-refractivity contribution in [3.63, 3.8) is 0 Å². The second kappa shape index (κ2) is 5.05. The van der Waals surface area contributed by atoms with Gasteiger partial charge < -0.3 is 9.72 Å². The Kier molecular flexibility index (Phi) is 3.31. The van der Waals surface area contributed by atoms with Crippen molar-refractivity contribution in [1.29, 1.82) is 0 Å². The number of nitrogens with one attached hydrogen (secondary N) is 1. The van der Waals surface area contributed by atoms with Gasteiger partial charge in [-0.3, -0.25) is 0 Å². The lowest BCUT2D eigenvalue weighted by atomic mass is 10.0. The van der Waals surface area contributed by atoms with Gasteiger partial charge in [0.2, 0.25) is 0 Å². The lowest BCUT2D eigenvalue weighted by Gasteiger charge is -2.15. The van der Waals surface area contributed by atoms with Gasteiger partial charge in [-0.1, -0.05) is 12.1 Å². The first-order valence-electron chi connectivity index (χ1n) is 6.61. The number of aromatic amines is 1. The van der Waals surface area contributed by atoms with Crippen LogP contribution in [0, 0.1) is 6.92 Å². The van der Waals surface area contributed by atoms with Crippen molar-refractivity contribution >= 4 is 11.0 Å². The maximum absolute atomic E-state index is 13.2. The van der Waals surface area contributed by atoms with E-state index in [1.807, 2.05) is 18.2 Å². The minimum atomic E-state index is -4.49. The summed E-state index contributed by atoms with van der Waals surface area (Å²) >= 11 is 0. The standard InChI is InChI=1S/C16H13F3N2O/c1-9-7-10(8-11(14(9)22-2)16(17,18)19)15-20-12-5-3-4-6-13(12)21-15/h3-8H,1-2H3,(H,20,21). The number of benzene rings is 2. The number of H-pyrrole nitrogens is 1. The Morgan fingerprint density at radius 2 is 1.86 bits per heavy atom. The molecular weight excluding hydrogens is 293 g/mol. The predicted octanol–water partition coefficient (Wildman–Crippen LogP) is 4.57. The molecular formula is C16H13F3N2O. The third kappa shape index (κ3) is 2.41. The van der Waals surface area contributed by atoms with Crippen LogP contribution in [0.4, 0.5) is 13.2 Å². The molecule has 0 bridgehead atoms. The Morgan fingerprint density at radius 3 is 2.50 bits per heavy atom. The molecule has 1 aromatic heterocycles. The average Bonchev–Trinajstić information content (AvgIpc) is 2.89. The van der Waals surface area contributed by atoms with Crippen LogP contribution in [0.1, 0.15) is 11.1 Å². The zero-order valence-electron chi connectivity index (χ0n) is 12.0. The van der Waals surface area contributed by atoms with Gasteiger partial charge in [0, 0.05) is 5.56 Å². The molecule has 0 radical (unpaired) electrons. The van der Waals surface area contributed by atoms with Crippen molar-refractivity contribution in [3.05, 3.63) is 47.5 Å². The average molecular weight is 306 g/mol. The van der Waals surface area contributed by atoms with Gasteiger partial charge >= 0.3 is 6.18 Å². The third-order valence-corrected chi connectivity index (χ3v) is 3.45. The van der Waals surface area contributed by atoms with Crippen molar-refractivity contribution in [3.8, 4) is 17.1 Å². The van der Waals surface area contributed by atoms with E-state index in [4.69, 9.17) is 4.74 Å². The Morgan fingerprint density at radius 1 is 1.14 bits per heavy atom. The highest BCUT2D eigenvalue weighted by Crippen LogP contribution is 2.40. The number of imidazole rings is 1. The largest absolute Gasteiger partial charge is 0.496 e. The number of methoxy groups -OCH3 is 1. The summed E-state index contributed by atoms with van der Waals surface area (Å²) in [5.74, 6) is 0.241. The quantitative estimate of drug-likeness (QED) is 0.753. The second-order valence-electron chi connectivity index (χ2n) is 4.97. The number of rotatable bonds is 2. The van der Waals surface area contributed by atoms with Crippen molar-refractivity contribution in [2.24, 2.45) is 0 Å². The van der Waals surface area contributed by atoms with E-state index in [0.29, 0.717) is 22.5 Å². The molecule has 1 heterocycles. The van der Waals surface area contributed by atoms with E-state index in [1.54, 1.807) is 19.1 Å². The molecule has 0 spiro atoms. The number of halogens is 3. The van der Waals surface area contributed by atoms with Gasteiger partial charge in [0.05, 0.1) is 23.7 Å². The highest BCUT2D eigenvalue weighted by atomic mass is 19.4. The van der Waals surface area contributed by atoms with Gasteiger partial charge in [-0.05, 0) is 36.8 Å². The molecule has 0 atom stereocenters. The molecule has 2 aromatic carbocycles. The molecule has 0 saturated carbocycles. The summed E-state index contributed by atoms with van der Waals surface area (Å²) in [6.45, 7) is 1.58. The molecule has 3 aromatic rings. The first-order chi connectivity index (χ1) is 10.4. The predicted molar refractivity (Wildman–Crippen MR) is 77.8 cm³/mol. The Balaban J connectivity index is 2.21. The molecule has 0 amide bonds. The van der Waals surface area contributed by atoms with Crippen LogP contribution < -0.4 is 4.74 Å². The molecule has 0 aliphatic rings. The first kappa shape index (κ1) is 14.4. The monoisotopic (exact) mass is 306 g/mol. The summed E-state index contributed by atoms with van der Waals surface area (Å²) in [7, 11) is 1.23. The number of ether oxygens (including phenoxy) is 1. The maximum Gasteiger partial charge on any atom is 0.419 e. The number of para-hydroxylation sites is 2. The maximum atomic E-state index is 13.2. The summed E-state index contributed by atoms with van der Waals surface area (Å²) in [4.78, 5) is 7.37. The van der Waals surface area contributed by atoms with Crippen LogP contribution in [0.2, 0.25) is 0 Å². The zero-order valence-corrected chi connectivity index (χ0v) is 12.0. The number of fused-ring (bicyclic) bond motifs is 1. The van der Waals surface area contributed by atoms with Gasteiger partial charge in [0.25, 0.3) is 0 Å². The topological polar surface area (TPSA) is 37.9 Å². The van der Waals surface area contributed by atoms with Crippen LogP contribution in [-0.2, 0) is 6.18 Å². The molecule has 114 valence electrons. The van der Waals surface area contributed by atoms with Crippen LogP contribution in [0.25, 0.3) is 22.4 Å². The van der Waals surface area contributed by atoms with Crippen LogP contribution >= 0.6 is 0 Å². The second-order valence-corrected chi connectivity index (χ2v) is 4.97. The molecule has 6 heteroatoms. The first-order valence-corrected chi connectivity index (χ1v) is 6.61. The van der Waals surface area contributed by atoms with E-state index < -0.39 is 11.7 Å². The van der Waals surface area contributed by atoms with E-state index >= 15 is 0 Å². The molecule has 0 aliphatic carbocycles. The fraction of sp³-hybridized carbons (Fsp3) is 0.188. The summed E-state index contributed by atoms with van der Waals surface area (Å²) in [6, 6.07) is 9.98. The highest BCUT2D eigenvalue weighted by molar-refractivity contribution is 5.79. The number of aromatic nitrogens is 2. The van der Waals surface area contributed by atoms with Gasteiger partial charge in [0.15, 0.2) is 0 Å². The third-order valence-electron chi connectivity index (χ3n) is 3.45. The fourth-order valence-electron chi connectivity index (χ4n) is 2.48. The molecule has 0 aliphatic heterocycles. The summed E-state index contributed by atoms with van der Waals surface area (Å²) in [6.07, 6.45) is -4.49. The van der Waals surface area contributed by atoms with Gasteiger partial charge in [0.1, 0.15) is 11.6 Å². The van der Waals surface area contributed by atoms with E-state index in [9.17, 15) is 13.2 Å². The van der Waals surface area contributed by atoms with E-state index in [0.717, 1.165) is 11.6 Å². The highest BCUT2D eigenvalue weighted by Gasteiger charge is 2.35. The fourth-order valence-corrected chi connectivity index (χ4v) is 2.48. The molecule has 1 N–H and O–H groups in total.